The second-order valence-corrected chi connectivity index (χ2v) is 6.81. The molecule has 2 aromatic carbocycles. The molecular formula is C22H27N3O4. The molecule has 2 N–H and O–H groups in total. The molecule has 3 rings (SSSR count). The summed E-state index contributed by atoms with van der Waals surface area (Å²) < 4.78 is 10.1. The highest BCUT2D eigenvalue weighted by atomic mass is 16.5. The number of nitrogens with one attached hydrogen (secondary N) is 2. The molecule has 0 spiro atoms. The highest BCUT2D eigenvalue weighted by Gasteiger charge is 2.36. The number of carbonyl (C=O) groups excluding carboxylic acids is 2. The number of methoxy groups -OCH3 is 2. The molecule has 0 saturated heterocycles. The maximum absolute atomic E-state index is 12.9. The lowest BCUT2D eigenvalue weighted by Gasteiger charge is -2.27. The molecule has 0 bridgehead atoms. The molecule has 1 aliphatic heterocycles. The first-order chi connectivity index (χ1) is 14.2. The van der Waals surface area contributed by atoms with Crippen LogP contribution in [0.1, 0.15) is 38.9 Å². The summed E-state index contributed by atoms with van der Waals surface area (Å²) in [6, 6.07) is 14.9. The molecule has 154 valence electrons. The van der Waals surface area contributed by atoms with E-state index in [4.69, 9.17) is 9.47 Å². The van der Waals surface area contributed by atoms with Gasteiger partial charge in [0.1, 0.15) is 6.17 Å². The van der Waals surface area contributed by atoms with Gasteiger partial charge in [0.25, 0.3) is 11.8 Å². The molecule has 0 saturated carbocycles. The summed E-state index contributed by atoms with van der Waals surface area (Å²) in [5.41, 5.74) is 2.96. The van der Waals surface area contributed by atoms with Crippen molar-refractivity contribution in [2.75, 3.05) is 45.8 Å². The fourth-order valence-electron chi connectivity index (χ4n) is 3.41. The van der Waals surface area contributed by atoms with Crippen LogP contribution in [-0.2, 0) is 9.47 Å². The van der Waals surface area contributed by atoms with Gasteiger partial charge >= 0.3 is 0 Å². The van der Waals surface area contributed by atoms with Gasteiger partial charge in [0.05, 0.1) is 6.61 Å². The van der Waals surface area contributed by atoms with E-state index in [9.17, 15) is 9.59 Å². The van der Waals surface area contributed by atoms with Gasteiger partial charge in [-0.3, -0.25) is 9.59 Å². The summed E-state index contributed by atoms with van der Waals surface area (Å²) in [5, 5.41) is 6.24. The highest BCUT2D eigenvalue weighted by Crippen LogP contribution is 2.34. The van der Waals surface area contributed by atoms with Gasteiger partial charge < -0.3 is 25.0 Å². The van der Waals surface area contributed by atoms with Crippen LogP contribution >= 0.6 is 0 Å². The number of anilines is 1. The molecule has 1 atom stereocenters. The number of carbonyl (C=O) groups is 2. The number of benzene rings is 2. The van der Waals surface area contributed by atoms with Crippen molar-refractivity contribution in [3.05, 3.63) is 65.2 Å². The smallest absolute Gasteiger partial charge is 0.256 e. The number of hydrogen-bond acceptors (Lipinski definition) is 5. The fraction of sp³-hybridized carbons (Fsp3) is 0.364. The molecule has 1 aliphatic rings. The lowest BCUT2D eigenvalue weighted by molar-refractivity contribution is 0.0721. The third-order valence-electron chi connectivity index (χ3n) is 4.83. The lowest BCUT2D eigenvalue weighted by Crippen LogP contribution is -2.33. The zero-order valence-electron chi connectivity index (χ0n) is 16.8. The topological polar surface area (TPSA) is 79.9 Å². The summed E-state index contributed by atoms with van der Waals surface area (Å²) in [5.74, 6) is -0.159. The predicted octanol–water partition coefficient (Wildman–Crippen LogP) is 2.67. The minimum atomic E-state index is -0.289. The van der Waals surface area contributed by atoms with Crippen LogP contribution in [0.25, 0.3) is 0 Å². The standard InChI is InChI=1S/C22H27N3O4/c1-28-13-6-12-25-20(18-9-3-4-10-19(18)22(25)27)24-17-8-5-7-16(15-17)21(26)23-11-14-29-2/h3-5,7-10,15,20,24H,6,11-14H2,1-2H3,(H,23,26)/t20-/m0/s1. The number of fused-ring (bicyclic) bond motifs is 1. The van der Waals surface area contributed by atoms with Crippen LogP contribution in [0, 0.1) is 0 Å². The average Bonchev–Trinajstić information content (AvgIpc) is 3.00. The van der Waals surface area contributed by atoms with Gasteiger partial charge in [0.2, 0.25) is 0 Å². The SMILES string of the molecule is COCCCN1C(=O)c2ccccc2[C@H]1Nc1cccc(C(=O)NCCOC)c1. The Bertz CT molecular complexity index is 855. The van der Waals surface area contributed by atoms with E-state index in [0.717, 1.165) is 17.7 Å². The Morgan fingerprint density at radius 2 is 1.86 bits per heavy atom. The quantitative estimate of drug-likeness (QED) is 0.603. The second kappa shape index (κ2) is 10.0. The number of ether oxygens (including phenoxy) is 2. The van der Waals surface area contributed by atoms with Crippen molar-refractivity contribution in [2.45, 2.75) is 12.6 Å². The zero-order chi connectivity index (χ0) is 20.6. The van der Waals surface area contributed by atoms with Crippen molar-refractivity contribution in [1.82, 2.24) is 10.2 Å². The van der Waals surface area contributed by atoms with Crippen LogP contribution < -0.4 is 10.6 Å². The number of rotatable bonds is 10. The van der Waals surface area contributed by atoms with Crippen molar-refractivity contribution >= 4 is 17.5 Å². The van der Waals surface area contributed by atoms with Crippen molar-refractivity contribution in [3.8, 4) is 0 Å². The minimum Gasteiger partial charge on any atom is -0.385 e. The van der Waals surface area contributed by atoms with Gasteiger partial charge in [-0.25, -0.2) is 0 Å². The van der Waals surface area contributed by atoms with E-state index in [1.54, 1.807) is 26.4 Å². The highest BCUT2D eigenvalue weighted by molar-refractivity contribution is 5.99. The maximum atomic E-state index is 12.9. The summed E-state index contributed by atoms with van der Waals surface area (Å²) in [6.45, 7) is 2.08. The van der Waals surface area contributed by atoms with Crippen molar-refractivity contribution in [1.29, 1.82) is 0 Å². The van der Waals surface area contributed by atoms with E-state index in [1.165, 1.54) is 0 Å². The maximum Gasteiger partial charge on any atom is 0.256 e. The van der Waals surface area contributed by atoms with E-state index in [2.05, 4.69) is 10.6 Å². The van der Waals surface area contributed by atoms with Crippen LogP contribution in [-0.4, -0.2) is 57.2 Å². The summed E-state index contributed by atoms with van der Waals surface area (Å²) in [7, 11) is 3.25. The van der Waals surface area contributed by atoms with E-state index in [1.807, 2.05) is 41.3 Å². The Labute approximate surface area is 171 Å². The number of amides is 2. The Hall–Kier alpha value is -2.90. The first kappa shape index (κ1) is 20.8. The fourth-order valence-corrected chi connectivity index (χ4v) is 3.41. The first-order valence-corrected chi connectivity index (χ1v) is 9.68. The molecule has 0 radical (unpaired) electrons. The zero-order valence-corrected chi connectivity index (χ0v) is 16.8. The van der Waals surface area contributed by atoms with Crippen LogP contribution in [0.2, 0.25) is 0 Å². The molecule has 0 aliphatic carbocycles. The summed E-state index contributed by atoms with van der Waals surface area (Å²) in [6.07, 6.45) is 0.457. The summed E-state index contributed by atoms with van der Waals surface area (Å²) >= 11 is 0. The molecular weight excluding hydrogens is 370 g/mol. The third kappa shape index (κ3) is 4.93. The normalized spacial score (nSPS) is 15.3. The second-order valence-electron chi connectivity index (χ2n) is 6.81. The Morgan fingerprint density at radius 3 is 2.66 bits per heavy atom. The minimum absolute atomic E-state index is 0.00247. The molecule has 0 fully saturated rings. The van der Waals surface area contributed by atoms with Gasteiger partial charge in [-0.05, 0) is 30.7 Å². The van der Waals surface area contributed by atoms with Crippen LogP contribution in [0.15, 0.2) is 48.5 Å². The van der Waals surface area contributed by atoms with Gasteiger partial charge in [-0.2, -0.15) is 0 Å². The predicted molar refractivity (Wildman–Crippen MR) is 111 cm³/mol. The van der Waals surface area contributed by atoms with Gasteiger partial charge in [-0.1, -0.05) is 24.3 Å². The van der Waals surface area contributed by atoms with Crippen molar-refractivity contribution in [3.63, 3.8) is 0 Å². The van der Waals surface area contributed by atoms with E-state index < -0.39 is 0 Å². The number of hydrogen-bond donors (Lipinski definition) is 2. The molecule has 1 heterocycles. The van der Waals surface area contributed by atoms with Crippen LogP contribution in [0.4, 0.5) is 5.69 Å². The molecule has 7 nitrogen and oxygen atoms in total. The molecule has 2 amide bonds. The van der Waals surface area contributed by atoms with Gasteiger partial charge in [0.15, 0.2) is 0 Å². The molecule has 29 heavy (non-hydrogen) atoms. The Morgan fingerprint density at radius 1 is 1.07 bits per heavy atom. The molecule has 0 aromatic heterocycles. The third-order valence-corrected chi connectivity index (χ3v) is 4.83. The first-order valence-electron chi connectivity index (χ1n) is 9.68. The summed E-state index contributed by atoms with van der Waals surface area (Å²) in [4.78, 5) is 27.0. The average molecular weight is 397 g/mol. The number of nitrogens with zero attached hydrogens (tertiary/aromatic N) is 1. The van der Waals surface area contributed by atoms with Crippen LogP contribution in [0.5, 0.6) is 0 Å². The van der Waals surface area contributed by atoms with Crippen molar-refractivity contribution in [2.24, 2.45) is 0 Å². The lowest BCUT2D eigenvalue weighted by atomic mass is 10.1. The Balaban J connectivity index is 1.78. The van der Waals surface area contributed by atoms with E-state index >= 15 is 0 Å². The largest absolute Gasteiger partial charge is 0.385 e. The molecule has 7 heteroatoms. The molecule has 0 unspecified atom stereocenters. The monoisotopic (exact) mass is 397 g/mol. The van der Waals surface area contributed by atoms with Crippen molar-refractivity contribution < 1.29 is 19.1 Å². The van der Waals surface area contributed by atoms with E-state index in [-0.39, 0.29) is 18.0 Å². The molecule has 2 aromatic rings. The van der Waals surface area contributed by atoms with Crippen LogP contribution in [0.3, 0.4) is 0 Å². The Kier molecular flexibility index (Phi) is 7.21. The van der Waals surface area contributed by atoms with E-state index in [0.29, 0.717) is 37.4 Å². The van der Waals surface area contributed by atoms with Gasteiger partial charge in [-0.15, -0.1) is 0 Å². The van der Waals surface area contributed by atoms with Gasteiger partial charge in [0, 0.05) is 56.3 Å².